The van der Waals surface area contributed by atoms with Crippen molar-refractivity contribution >= 4 is 30.1 Å². The average Bonchev–Trinajstić information content (AvgIpc) is 2.74. The summed E-state index contributed by atoms with van der Waals surface area (Å²) in [5, 5.41) is 0.477. The number of likely N-dealkylation sites (tertiary alicyclic amines) is 1. The van der Waals surface area contributed by atoms with E-state index in [1.165, 1.54) is 0 Å². The van der Waals surface area contributed by atoms with Crippen molar-refractivity contribution in [1.29, 1.82) is 0 Å². The van der Waals surface area contributed by atoms with Gasteiger partial charge in [0.05, 0.1) is 11.2 Å². The van der Waals surface area contributed by atoms with Gasteiger partial charge >= 0.3 is 7.12 Å². The van der Waals surface area contributed by atoms with E-state index >= 15 is 0 Å². The first-order valence-corrected chi connectivity index (χ1v) is 9.18. The molecule has 1 atom stereocenters. The van der Waals surface area contributed by atoms with Crippen LogP contribution in [0.1, 0.15) is 50.9 Å². The van der Waals surface area contributed by atoms with Gasteiger partial charge in [0, 0.05) is 35.2 Å². The highest BCUT2D eigenvalue weighted by atomic mass is 35.5. The SMILES string of the molecule is CC1(C)OB(c2ccc(C(=O)N3CCC[C@@H](N)C3)cc2Cl)OC1(C)C. The molecule has 0 radical (unpaired) electrons. The minimum atomic E-state index is -0.537. The van der Waals surface area contributed by atoms with Crippen LogP contribution in [0.5, 0.6) is 0 Å². The smallest absolute Gasteiger partial charge is 0.399 e. The number of nitrogens with two attached hydrogens (primary N) is 1. The summed E-state index contributed by atoms with van der Waals surface area (Å²) in [6.45, 7) is 9.33. The highest BCUT2D eigenvalue weighted by Gasteiger charge is 2.52. The number of piperidine rings is 1. The Labute approximate surface area is 154 Å². The fraction of sp³-hybridized carbons (Fsp3) is 0.611. The summed E-state index contributed by atoms with van der Waals surface area (Å²) < 4.78 is 12.1. The number of hydrogen-bond acceptors (Lipinski definition) is 4. The molecule has 2 aliphatic heterocycles. The van der Waals surface area contributed by atoms with Crippen molar-refractivity contribution in [3.63, 3.8) is 0 Å². The maximum atomic E-state index is 12.7. The second kappa shape index (κ2) is 6.58. The van der Waals surface area contributed by atoms with Gasteiger partial charge in [0.15, 0.2) is 0 Å². The second-order valence-electron chi connectivity index (χ2n) is 7.98. The van der Waals surface area contributed by atoms with Crippen LogP contribution in [0.3, 0.4) is 0 Å². The number of nitrogens with zero attached hydrogens (tertiary/aromatic N) is 1. The van der Waals surface area contributed by atoms with Crippen LogP contribution in [0.15, 0.2) is 18.2 Å². The molecule has 0 unspecified atom stereocenters. The lowest BCUT2D eigenvalue weighted by atomic mass is 9.78. The molecule has 2 fully saturated rings. The molecule has 1 aromatic carbocycles. The Morgan fingerprint density at radius 1 is 1.28 bits per heavy atom. The third-order valence-electron chi connectivity index (χ3n) is 5.50. The first-order chi connectivity index (χ1) is 11.6. The third kappa shape index (κ3) is 3.58. The summed E-state index contributed by atoms with van der Waals surface area (Å²) >= 11 is 6.45. The van der Waals surface area contributed by atoms with Crippen LogP contribution in [-0.2, 0) is 9.31 Å². The molecule has 0 saturated carbocycles. The Bertz CT molecular complexity index is 664. The zero-order valence-electron chi connectivity index (χ0n) is 15.3. The second-order valence-corrected chi connectivity index (χ2v) is 8.39. The van der Waals surface area contributed by atoms with Crippen LogP contribution in [-0.4, -0.2) is 48.3 Å². The Morgan fingerprint density at radius 2 is 1.92 bits per heavy atom. The molecule has 7 heteroatoms. The molecule has 136 valence electrons. The first-order valence-electron chi connectivity index (χ1n) is 8.81. The lowest BCUT2D eigenvalue weighted by Gasteiger charge is -2.32. The molecular weight excluding hydrogens is 338 g/mol. The highest BCUT2D eigenvalue weighted by Crippen LogP contribution is 2.37. The Kier molecular flexibility index (Phi) is 4.92. The highest BCUT2D eigenvalue weighted by molar-refractivity contribution is 6.65. The molecule has 5 nitrogen and oxygen atoms in total. The molecule has 25 heavy (non-hydrogen) atoms. The number of halogens is 1. The molecule has 2 aliphatic rings. The maximum Gasteiger partial charge on any atom is 0.496 e. The monoisotopic (exact) mass is 364 g/mol. The predicted octanol–water partition coefficient (Wildman–Crippen LogP) is 2.20. The van der Waals surface area contributed by atoms with Crippen molar-refractivity contribution in [3.05, 3.63) is 28.8 Å². The number of amides is 1. The largest absolute Gasteiger partial charge is 0.496 e. The third-order valence-corrected chi connectivity index (χ3v) is 5.83. The number of hydrogen-bond donors (Lipinski definition) is 1. The molecule has 0 spiro atoms. The Balaban J connectivity index is 1.79. The Morgan fingerprint density at radius 3 is 2.48 bits per heavy atom. The average molecular weight is 365 g/mol. The van der Waals surface area contributed by atoms with E-state index in [2.05, 4.69) is 0 Å². The molecule has 1 aromatic rings. The topological polar surface area (TPSA) is 64.8 Å². The van der Waals surface area contributed by atoms with E-state index in [-0.39, 0.29) is 11.9 Å². The van der Waals surface area contributed by atoms with Crippen LogP contribution in [0.4, 0.5) is 0 Å². The Hall–Kier alpha value is -1.08. The van der Waals surface area contributed by atoms with Crippen LogP contribution in [0.2, 0.25) is 5.02 Å². The molecule has 2 heterocycles. The van der Waals surface area contributed by atoms with E-state index in [0.717, 1.165) is 24.8 Å². The summed E-state index contributed by atoms with van der Waals surface area (Å²) in [6.07, 6.45) is 1.90. The maximum absolute atomic E-state index is 12.7. The van der Waals surface area contributed by atoms with Gasteiger partial charge in [0.2, 0.25) is 0 Å². The van der Waals surface area contributed by atoms with Gasteiger partial charge in [-0.15, -0.1) is 0 Å². The first kappa shape index (κ1) is 18.7. The van der Waals surface area contributed by atoms with Crippen LogP contribution in [0.25, 0.3) is 0 Å². The van der Waals surface area contributed by atoms with E-state index < -0.39 is 18.3 Å². The van der Waals surface area contributed by atoms with Gasteiger partial charge in [0.25, 0.3) is 5.91 Å². The van der Waals surface area contributed by atoms with E-state index in [1.54, 1.807) is 17.0 Å². The molecule has 0 aromatic heterocycles. The lowest BCUT2D eigenvalue weighted by molar-refractivity contribution is 0.00578. The van der Waals surface area contributed by atoms with Gasteiger partial charge in [-0.3, -0.25) is 4.79 Å². The number of carbonyl (C=O) groups is 1. The van der Waals surface area contributed by atoms with Gasteiger partial charge < -0.3 is 19.9 Å². The van der Waals surface area contributed by atoms with E-state index in [1.807, 2.05) is 33.8 Å². The van der Waals surface area contributed by atoms with Crippen molar-refractivity contribution in [2.75, 3.05) is 13.1 Å². The lowest BCUT2D eigenvalue weighted by Crippen LogP contribution is -2.45. The molecule has 1 amide bonds. The van der Waals surface area contributed by atoms with Crippen molar-refractivity contribution < 1.29 is 14.1 Å². The summed E-state index contributed by atoms with van der Waals surface area (Å²) in [5.74, 6) is -0.0301. The fourth-order valence-electron chi connectivity index (χ4n) is 3.20. The van der Waals surface area contributed by atoms with Crippen LogP contribution < -0.4 is 11.2 Å². The molecule has 2 saturated heterocycles. The summed E-state index contributed by atoms with van der Waals surface area (Å²) in [6, 6.07) is 5.36. The summed E-state index contributed by atoms with van der Waals surface area (Å²) in [5.41, 5.74) is 6.42. The van der Waals surface area contributed by atoms with E-state index in [9.17, 15) is 4.79 Å². The quantitative estimate of drug-likeness (QED) is 0.817. The minimum Gasteiger partial charge on any atom is -0.399 e. The number of rotatable bonds is 2. The normalized spacial score (nSPS) is 25.3. The fourth-order valence-corrected chi connectivity index (χ4v) is 3.47. The number of benzene rings is 1. The molecule has 0 aliphatic carbocycles. The molecule has 2 N–H and O–H groups in total. The van der Waals surface area contributed by atoms with Gasteiger partial charge in [0.1, 0.15) is 0 Å². The van der Waals surface area contributed by atoms with Gasteiger partial charge in [-0.1, -0.05) is 17.7 Å². The van der Waals surface area contributed by atoms with Gasteiger partial charge in [-0.2, -0.15) is 0 Å². The van der Waals surface area contributed by atoms with Gasteiger partial charge in [-0.25, -0.2) is 0 Å². The standard InChI is InChI=1S/C18H26BClN2O3/c1-17(2)18(3,4)25-19(24-17)14-8-7-12(10-15(14)20)16(23)22-9-5-6-13(21)11-22/h7-8,10,13H,5-6,9,11,21H2,1-4H3/t13-/m1/s1. The van der Waals surface area contributed by atoms with Crippen molar-refractivity contribution in [1.82, 2.24) is 4.90 Å². The van der Waals surface area contributed by atoms with Crippen LogP contribution >= 0.6 is 11.6 Å². The van der Waals surface area contributed by atoms with E-state index in [0.29, 0.717) is 17.1 Å². The van der Waals surface area contributed by atoms with Gasteiger partial charge in [-0.05, 0) is 52.7 Å². The molecular formula is C18H26BClN2O3. The zero-order chi connectivity index (χ0) is 18.4. The van der Waals surface area contributed by atoms with Crippen molar-refractivity contribution in [3.8, 4) is 0 Å². The predicted molar refractivity (Wildman–Crippen MR) is 100 cm³/mol. The molecule has 3 rings (SSSR count). The van der Waals surface area contributed by atoms with Crippen LogP contribution in [0, 0.1) is 0 Å². The minimum absolute atomic E-state index is 0.0301. The zero-order valence-corrected chi connectivity index (χ0v) is 16.1. The summed E-state index contributed by atoms with van der Waals surface area (Å²) in [4.78, 5) is 14.5. The number of carbonyl (C=O) groups excluding carboxylic acids is 1. The van der Waals surface area contributed by atoms with E-state index in [4.69, 9.17) is 26.6 Å². The van der Waals surface area contributed by atoms with Crippen molar-refractivity contribution in [2.24, 2.45) is 5.73 Å². The van der Waals surface area contributed by atoms with Crippen molar-refractivity contribution in [2.45, 2.75) is 57.8 Å². The summed E-state index contributed by atoms with van der Waals surface area (Å²) in [7, 11) is -0.537. The molecule has 0 bridgehead atoms.